The maximum absolute atomic E-state index is 12.9. The SMILES string of the molecule is CCC12CN3CC(C)(CN(C1)C3c1ccccc1O)C2=O. The van der Waals surface area contributed by atoms with Gasteiger partial charge in [0.15, 0.2) is 0 Å². The van der Waals surface area contributed by atoms with Crippen LogP contribution < -0.4 is 0 Å². The number of benzene rings is 1. The highest BCUT2D eigenvalue weighted by atomic mass is 16.3. The lowest BCUT2D eigenvalue weighted by molar-refractivity contribution is -0.200. The molecule has 4 nitrogen and oxygen atoms in total. The maximum atomic E-state index is 12.9. The molecule has 0 radical (unpaired) electrons. The molecule has 112 valence electrons. The van der Waals surface area contributed by atoms with E-state index in [1.54, 1.807) is 6.07 Å². The molecule has 0 saturated carbocycles. The van der Waals surface area contributed by atoms with Gasteiger partial charge in [0.1, 0.15) is 11.5 Å². The Morgan fingerprint density at radius 2 is 1.81 bits per heavy atom. The van der Waals surface area contributed by atoms with E-state index in [1.807, 2.05) is 18.2 Å². The van der Waals surface area contributed by atoms with Crippen LogP contribution >= 0.6 is 0 Å². The van der Waals surface area contributed by atoms with Crippen molar-refractivity contribution in [1.82, 2.24) is 9.80 Å². The highest BCUT2D eigenvalue weighted by Crippen LogP contribution is 2.54. The van der Waals surface area contributed by atoms with Crippen molar-refractivity contribution in [2.24, 2.45) is 10.8 Å². The average Bonchev–Trinajstić information content (AvgIpc) is 2.45. The Morgan fingerprint density at radius 3 is 2.38 bits per heavy atom. The number of Topliss-reactive ketones (excluding diaryl/α,β-unsaturated/α-hetero) is 1. The van der Waals surface area contributed by atoms with Gasteiger partial charge in [-0.2, -0.15) is 0 Å². The van der Waals surface area contributed by atoms with Crippen LogP contribution in [0.25, 0.3) is 0 Å². The number of phenols is 1. The van der Waals surface area contributed by atoms with Crippen molar-refractivity contribution in [2.75, 3.05) is 26.2 Å². The van der Waals surface area contributed by atoms with Crippen molar-refractivity contribution in [3.8, 4) is 5.75 Å². The monoisotopic (exact) mass is 286 g/mol. The number of piperidine rings is 2. The van der Waals surface area contributed by atoms with E-state index in [2.05, 4.69) is 23.6 Å². The first kappa shape index (κ1) is 13.3. The summed E-state index contributed by atoms with van der Waals surface area (Å²) in [4.78, 5) is 17.6. The molecule has 4 fully saturated rings. The Bertz CT molecular complexity index is 597. The van der Waals surface area contributed by atoms with Gasteiger partial charge in [-0.3, -0.25) is 14.6 Å². The minimum Gasteiger partial charge on any atom is -0.508 e. The van der Waals surface area contributed by atoms with Gasteiger partial charge in [0, 0.05) is 31.7 Å². The summed E-state index contributed by atoms with van der Waals surface area (Å²) < 4.78 is 0. The summed E-state index contributed by atoms with van der Waals surface area (Å²) in [6.45, 7) is 7.51. The summed E-state index contributed by atoms with van der Waals surface area (Å²) in [5.41, 5.74) is 0.526. The molecular weight excluding hydrogens is 264 g/mol. The molecule has 2 unspecified atom stereocenters. The third-order valence-electron chi connectivity index (χ3n) is 5.73. The smallest absolute Gasteiger partial charge is 0.150 e. The molecule has 1 N–H and O–H groups in total. The molecule has 4 heterocycles. The first-order valence-corrected chi connectivity index (χ1v) is 7.80. The van der Waals surface area contributed by atoms with Gasteiger partial charge >= 0.3 is 0 Å². The topological polar surface area (TPSA) is 43.8 Å². The minimum atomic E-state index is -0.243. The Morgan fingerprint density at radius 1 is 1.19 bits per heavy atom. The summed E-state index contributed by atoms with van der Waals surface area (Å²) in [7, 11) is 0. The highest BCUT2D eigenvalue weighted by Gasteiger charge is 2.63. The maximum Gasteiger partial charge on any atom is 0.150 e. The van der Waals surface area contributed by atoms with Crippen LogP contribution in [0.5, 0.6) is 5.75 Å². The molecule has 1 aromatic rings. The van der Waals surface area contributed by atoms with Crippen LogP contribution in [0.4, 0.5) is 0 Å². The first-order chi connectivity index (χ1) is 9.99. The van der Waals surface area contributed by atoms with Crippen LogP contribution in [-0.2, 0) is 4.79 Å². The van der Waals surface area contributed by atoms with E-state index in [4.69, 9.17) is 0 Å². The lowest BCUT2D eigenvalue weighted by Gasteiger charge is -2.65. The molecule has 0 amide bonds. The largest absolute Gasteiger partial charge is 0.508 e. The Labute approximate surface area is 125 Å². The lowest BCUT2D eigenvalue weighted by atomic mass is 9.60. The van der Waals surface area contributed by atoms with Crippen molar-refractivity contribution in [3.05, 3.63) is 29.8 Å². The molecule has 2 atom stereocenters. The van der Waals surface area contributed by atoms with Crippen molar-refractivity contribution < 1.29 is 9.90 Å². The third kappa shape index (κ3) is 1.60. The molecule has 4 aliphatic heterocycles. The molecule has 4 heteroatoms. The zero-order valence-electron chi connectivity index (χ0n) is 12.7. The standard InChI is InChI=1S/C17H22N2O2/c1-3-17-10-18-8-16(2,15(17)21)9-19(11-17)14(18)12-6-4-5-7-13(12)20/h4-7,14,20H,3,8-11H2,1-2H3. The summed E-state index contributed by atoms with van der Waals surface area (Å²) >= 11 is 0. The van der Waals surface area contributed by atoms with E-state index in [-0.39, 0.29) is 17.0 Å². The second-order valence-electron chi connectivity index (χ2n) is 7.27. The summed E-state index contributed by atoms with van der Waals surface area (Å²) in [6, 6.07) is 7.60. The number of phenolic OH excluding ortho intramolecular Hbond substituents is 1. The predicted octanol–water partition coefficient (Wildman–Crippen LogP) is 2.01. The molecule has 0 aliphatic carbocycles. The van der Waals surface area contributed by atoms with E-state index >= 15 is 0 Å². The molecule has 0 aromatic heterocycles. The molecule has 5 rings (SSSR count). The van der Waals surface area contributed by atoms with E-state index in [0.717, 1.165) is 38.2 Å². The molecule has 1 aromatic carbocycles. The van der Waals surface area contributed by atoms with Gasteiger partial charge in [-0.15, -0.1) is 0 Å². The zero-order valence-corrected chi connectivity index (χ0v) is 12.7. The second-order valence-corrected chi connectivity index (χ2v) is 7.27. The van der Waals surface area contributed by atoms with Crippen LogP contribution in [-0.4, -0.2) is 46.9 Å². The fraction of sp³-hybridized carbons (Fsp3) is 0.588. The van der Waals surface area contributed by atoms with Gasteiger partial charge in [-0.05, 0) is 12.5 Å². The summed E-state index contributed by atoms with van der Waals surface area (Å²) in [6.07, 6.45) is 1.02. The summed E-state index contributed by atoms with van der Waals surface area (Å²) in [5, 5.41) is 10.2. The van der Waals surface area contributed by atoms with E-state index in [9.17, 15) is 9.90 Å². The van der Waals surface area contributed by atoms with Gasteiger partial charge in [0.05, 0.1) is 17.0 Å². The van der Waals surface area contributed by atoms with Crippen molar-refractivity contribution in [2.45, 2.75) is 26.4 Å². The number of hydrogen-bond acceptors (Lipinski definition) is 4. The molecular formula is C17H22N2O2. The van der Waals surface area contributed by atoms with Gasteiger partial charge in [0.25, 0.3) is 0 Å². The van der Waals surface area contributed by atoms with E-state index < -0.39 is 0 Å². The number of aromatic hydroxyl groups is 1. The normalized spacial score (nSPS) is 44.3. The van der Waals surface area contributed by atoms with Crippen LogP contribution in [0, 0.1) is 10.8 Å². The average molecular weight is 286 g/mol. The van der Waals surface area contributed by atoms with Gasteiger partial charge in [-0.25, -0.2) is 0 Å². The van der Waals surface area contributed by atoms with Gasteiger partial charge in [0.2, 0.25) is 0 Å². The van der Waals surface area contributed by atoms with Crippen molar-refractivity contribution in [3.63, 3.8) is 0 Å². The number of hydrogen-bond donors (Lipinski definition) is 1. The van der Waals surface area contributed by atoms with Crippen LogP contribution in [0.15, 0.2) is 24.3 Å². The first-order valence-electron chi connectivity index (χ1n) is 7.80. The van der Waals surface area contributed by atoms with Crippen LogP contribution in [0.1, 0.15) is 32.0 Å². The van der Waals surface area contributed by atoms with Crippen LogP contribution in [0.2, 0.25) is 0 Å². The predicted molar refractivity (Wildman–Crippen MR) is 79.8 cm³/mol. The van der Waals surface area contributed by atoms with E-state index in [0.29, 0.717) is 11.5 Å². The van der Waals surface area contributed by atoms with Gasteiger partial charge in [-0.1, -0.05) is 32.0 Å². The Hall–Kier alpha value is -1.39. The zero-order chi connectivity index (χ0) is 14.8. The number of para-hydroxylation sites is 1. The van der Waals surface area contributed by atoms with Crippen molar-refractivity contribution in [1.29, 1.82) is 0 Å². The van der Waals surface area contributed by atoms with Gasteiger partial charge < -0.3 is 5.11 Å². The molecule has 0 spiro atoms. The molecule has 21 heavy (non-hydrogen) atoms. The number of carbonyl (C=O) groups excluding carboxylic acids is 1. The lowest BCUT2D eigenvalue weighted by Crippen LogP contribution is -2.75. The number of ketones is 1. The quantitative estimate of drug-likeness (QED) is 0.903. The Kier molecular flexibility index (Phi) is 2.58. The number of carbonyl (C=O) groups is 1. The second kappa shape index (κ2) is 4.08. The molecule has 4 bridgehead atoms. The minimum absolute atomic E-state index is 0.118. The van der Waals surface area contributed by atoms with Crippen molar-refractivity contribution >= 4 is 5.78 Å². The fourth-order valence-electron chi connectivity index (χ4n) is 4.87. The van der Waals surface area contributed by atoms with E-state index in [1.165, 1.54) is 0 Å². The molecule has 4 aliphatic rings. The summed E-state index contributed by atoms with van der Waals surface area (Å²) in [5.74, 6) is 0.817. The third-order valence-corrected chi connectivity index (χ3v) is 5.73. The fourth-order valence-corrected chi connectivity index (χ4v) is 4.87. The highest BCUT2D eigenvalue weighted by molar-refractivity contribution is 5.93. The molecule has 4 saturated heterocycles. The number of nitrogens with zero attached hydrogens (tertiary/aromatic N) is 2. The Balaban J connectivity index is 1.78. The number of rotatable bonds is 2. The van der Waals surface area contributed by atoms with Crippen LogP contribution in [0.3, 0.4) is 0 Å².